The second-order valence-corrected chi connectivity index (χ2v) is 5.62. The molecule has 0 aliphatic carbocycles. The van der Waals surface area contributed by atoms with Gasteiger partial charge in [-0.1, -0.05) is 34.1 Å². The van der Waals surface area contributed by atoms with Crippen LogP contribution in [0.4, 0.5) is 0 Å². The number of hydrogen-bond acceptors (Lipinski definition) is 2. The quantitative estimate of drug-likeness (QED) is 0.894. The van der Waals surface area contributed by atoms with E-state index in [-0.39, 0.29) is 5.91 Å². The van der Waals surface area contributed by atoms with Gasteiger partial charge in [0.2, 0.25) is 0 Å². The van der Waals surface area contributed by atoms with Crippen LogP contribution in [0, 0.1) is 6.92 Å². The Balaban J connectivity index is 1.94. The molecule has 3 nitrogen and oxygen atoms in total. The number of rotatable bonds is 5. The summed E-state index contributed by atoms with van der Waals surface area (Å²) in [5.74, 6) is 0.790. The molecule has 0 aliphatic heterocycles. The molecule has 1 N–H and O–H groups in total. The molecule has 0 aromatic heterocycles. The van der Waals surface area contributed by atoms with Gasteiger partial charge in [-0.2, -0.15) is 0 Å². The number of hydrogen-bond donors (Lipinski definition) is 1. The normalized spacial score (nSPS) is 10.2. The summed E-state index contributed by atoms with van der Waals surface area (Å²) in [4.78, 5) is 12.2. The molecule has 4 heteroatoms. The average molecular weight is 348 g/mol. The average Bonchev–Trinajstić information content (AvgIpc) is 2.50. The lowest BCUT2D eigenvalue weighted by molar-refractivity contribution is 0.0953. The highest BCUT2D eigenvalue weighted by Gasteiger charge is 2.09. The number of ether oxygens (including phenoxy) is 1. The second-order valence-electron chi connectivity index (χ2n) is 4.77. The molecule has 1 amide bonds. The number of amides is 1. The van der Waals surface area contributed by atoms with E-state index in [1.165, 1.54) is 0 Å². The van der Waals surface area contributed by atoms with Crippen LogP contribution >= 0.6 is 15.9 Å². The predicted octanol–water partition coefficient (Wildman–Crippen LogP) is 3.74. The van der Waals surface area contributed by atoms with E-state index in [0.29, 0.717) is 12.1 Å². The smallest absolute Gasteiger partial charge is 0.251 e. The van der Waals surface area contributed by atoms with Gasteiger partial charge in [-0.05, 0) is 48.7 Å². The van der Waals surface area contributed by atoms with Crippen molar-refractivity contribution in [3.63, 3.8) is 0 Å². The molecular formula is C17H18BrNO2. The molecule has 0 saturated carbocycles. The van der Waals surface area contributed by atoms with Crippen molar-refractivity contribution in [1.82, 2.24) is 5.32 Å². The first-order valence-electron chi connectivity index (χ1n) is 6.78. The van der Waals surface area contributed by atoms with Crippen molar-refractivity contribution in [2.45, 2.75) is 13.3 Å². The van der Waals surface area contributed by atoms with Gasteiger partial charge in [0.15, 0.2) is 0 Å². The van der Waals surface area contributed by atoms with Gasteiger partial charge in [-0.25, -0.2) is 0 Å². The number of benzene rings is 2. The molecule has 110 valence electrons. The van der Waals surface area contributed by atoms with Crippen LogP contribution in [0.25, 0.3) is 0 Å². The van der Waals surface area contributed by atoms with Crippen molar-refractivity contribution in [2.75, 3.05) is 13.7 Å². The fraction of sp³-hybridized carbons (Fsp3) is 0.235. The zero-order valence-electron chi connectivity index (χ0n) is 12.2. The molecule has 0 unspecified atom stereocenters. The maximum absolute atomic E-state index is 12.2. The van der Waals surface area contributed by atoms with E-state index in [4.69, 9.17) is 4.74 Å². The van der Waals surface area contributed by atoms with E-state index in [1.807, 2.05) is 49.4 Å². The Kier molecular flexibility index (Phi) is 5.39. The summed E-state index contributed by atoms with van der Waals surface area (Å²) in [7, 11) is 1.65. The van der Waals surface area contributed by atoms with Gasteiger partial charge >= 0.3 is 0 Å². The van der Waals surface area contributed by atoms with Crippen molar-refractivity contribution in [1.29, 1.82) is 0 Å². The van der Waals surface area contributed by atoms with Gasteiger partial charge in [0, 0.05) is 16.6 Å². The summed E-state index contributed by atoms with van der Waals surface area (Å²) in [5.41, 5.74) is 2.80. The second kappa shape index (κ2) is 7.27. The molecule has 2 aromatic rings. The van der Waals surface area contributed by atoms with Gasteiger partial charge in [-0.15, -0.1) is 0 Å². The first-order chi connectivity index (χ1) is 10.1. The van der Waals surface area contributed by atoms with E-state index in [2.05, 4.69) is 21.2 Å². The molecule has 0 radical (unpaired) electrons. The monoisotopic (exact) mass is 347 g/mol. The molecule has 0 fully saturated rings. The highest BCUT2D eigenvalue weighted by molar-refractivity contribution is 9.10. The van der Waals surface area contributed by atoms with Crippen LogP contribution in [0.3, 0.4) is 0 Å². The highest BCUT2D eigenvalue weighted by atomic mass is 79.9. The van der Waals surface area contributed by atoms with Gasteiger partial charge in [0.25, 0.3) is 5.91 Å². The maximum Gasteiger partial charge on any atom is 0.251 e. The molecule has 0 heterocycles. The third-order valence-electron chi connectivity index (χ3n) is 3.35. The number of halogens is 1. The lowest BCUT2D eigenvalue weighted by Gasteiger charge is -2.09. The Bertz CT molecular complexity index is 640. The topological polar surface area (TPSA) is 38.3 Å². The zero-order valence-corrected chi connectivity index (χ0v) is 13.7. The minimum Gasteiger partial charge on any atom is -0.497 e. The zero-order chi connectivity index (χ0) is 15.2. The van der Waals surface area contributed by atoms with Gasteiger partial charge in [-0.3, -0.25) is 4.79 Å². The molecule has 0 spiro atoms. The van der Waals surface area contributed by atoms with Crippen LogP contribution in [0.1, 0.15) is 21.5 Å². The molecule has 2 aromatic carbocycles. The third kappa shape index (κ3) is 4.08. The van der Waals surface area contributed by atoms with Gasteiger partial charge in [0.05, 0.1) is 7.11 Å². The fourth-order valence-electron chi connectivity index (χ4n) is 2.10. The summed E-state index contributed by atoms with van der Waals surface area (Å²) in [6, 6.07) is 13.5. The minimum absolute atomic E-state index is 0.0447. The molecule has 0 bridgehead atoms. The molecule has 0 atom stereocenters. The van der Waals surface area contributed by atoms with E-state index in [1.54, 1.807) is 7.11 Å². The standard InChI is InChI=1S/C17H18BrNO2/c1-12-15(7-4-8-16(12)18)17(20)19-10-9-13-5-3-6-14(11-13)21-2/h3-8,11H,9-10H2,1-2H3,(H,19,20). The summed E-state index contributed by atoms with van der Waals surface area (Å²) < 4.78 is 6.14. The predicted molar refractivity (Wildman–Crippen MR) is 87.9 cm³/mol. The van der Waals surface area contributed by atoms with Crippen molar-refractivity contribution in [3.8, 4) is 5.75 Å². The molecule has 2 rings (SSSR count). The Morgan fingerprint density at radius 2 is 2.00 bits per heavy atom. The largest absolute Gasteiger partial charge is 0.497 e. The van der Waals surface area contributed by atoms with Crippen LogP contribution in [-0.2, 0) is 6.42 Å². The van der Waals surface area contributed by atoms with Crippen LogP contribution in [0.15, 0.2) is 46.9 Å². The van der Waals surface area contributed by atoms with Crippen molar-refractivity contribution in [3.05, 3.63) is 63.6 Å². The molecular weight excluding hydrogens is 330 g/mol. The van der Waals surface area contributed by atoms with E-state index >= 15 is 0 Å². The van der Waals surface area contributed by atoms with Crippen LogP contribution in [-0.4, -0.2) is 19.6 Å². The Hall–Kier alpha value is -1.81. The number of nitrogens with one attached hydrogen (secondary N) is 1. The van der Waals surface area contributed by atoms with Crippen molar-refractivity contribution >= 4 is 21.8 Å². The van der Waals surface area contributed by atoms with Crippen LogP contribution in [0.2, 0.25) is 0 Å². The van der Waals surface area contributed by atoms with E-state index < -0.39 is 0 Å². The van der Waals surface area contributed by atoms with Gasteiger partial charge < -0.3 is 10.1 Å². The lowest BCUT2D eigenvalue weighted by atomic mass is 10.1. The molecule has 0 aliphatic rings. The third-order valence-corrected chi connectivity index (χ3v) is 4.20. The summed E-state index contributed by atoms with van der Waals surface area (Å²) in [6.45, 7) is 2.53. The Morgan fingerprint density at radius 1 is 1.24 bits per heavy atom. The number of methoxy groups -OCH3 is 1. The van der Waals surface area contributed by atoms with Crippen LogP contribution in [0.5, 0.6) is 5.75 Å². The Labute approximate surface area is 133 Å². The summed E-state index contributed by atoms with van der Waals surface area (Å²) >= 11 is 3.44. The summed E-state index contributed by atoms with van der Waals surface area (Å²) in [5, 5.41) is 2.95. The molecule has 21 heavy (non-hydrogen) atoms. The highest BCUT2D eigenvalue weighted by Crippen LogP contribution is 2.19. The maximum atomic E-state index is 12.2. The number of carbonyl (C=O) groups is 1. The Morgan fingerprint density at radius 3 is 2.76 bits per heavy atom. The first-order valence-corrected chi connectivity index (χ1v) is 7.57. The summed E-state index contributed by atoms with van der Waals surface area (Å²) in [6.07, 6.45) is 0.774. The van der Waals surface area contributed by atoms with Gasteiger partial charge in [0.1, 0.15) is 5.75 Å². The molecule has 0 saturated heterocycles. The minimum atomic E-state index is -0.0447. The number of carbonyl (C=O) groups excluding carboxylic acids is 1. The fourth-order valence-corrected chi connectivity index (χ4v) is 2.46. The van der Waals surface area contributed by atoms with Crippen LogP contribution < -0.4 is 10.1 Å². The van der Waals surface area contributed by atoms with Crippen molar-refractivity contribution in [2.24, 2.45) is 0 Å². The van der Waals surface area contributed by atoms with Crippen molar-refractivity contribution < 1.29 is 9.53 Å². The lowest BCUT2D eigenvalue weighted by Crippen LogP contribution is -2.26. The van der Waals surface area contributed by atoms with E-state index in [9.17, 15) is 4.79 Å². The SMILES string of the molecule is COc1cccc(CCNC(=O)c2cccc(Br)c2C)c1. The first kappa shape index (κ1) is 15.6. The van der Waals surface area contributed by atoms with E-state index in [0.717, 1.165) is 27.8 Å².